The van der Waals surface area contributed by atoms with Crippen LogP contribution in [0.4, 0.5) is 11.4 Å². The fraction of sp³-hybridized carbons (Fsp3) is 0. The molecule has 0 aromatic heterocycles. The fourth-order valence-electron chi connectivity index (χ4n) is 1.72. The molecule has 92 valence electrons. The van der Waals surface area contributed by atoms with Crippen molar-refractivity contribution in [1.29, 1.82) is 0 Å². The molecule has 2 aromatic carbocycles. The van der Waals surface area contributed by atoms with Crippen molar-refractivity contribution in [3.8, 4) is 11.1 Å². The summed E-state index contributed by atoms with van der Waals surface area (Å²) in [6, 6.07) is 12.0. The molecule has 5 nitrogen and oxygen atoms in total. The van der Waals surface area contributed by atoms with E-state index in [0.717, 1.165) is 5.56 Å². The van der Waals surface area contributed by atoms with Gasteiger partial charge in [-0.3, -0.25) is 10.0 Å². The van der Waals surface area contributed by atoms with Crippen LogP contribution in [0.1, 0.15) is 10.4 Å². The van der Waals surface area contributed by atoms with Crippen LogP contribution in [0.5, 0.6) is 0 Å². The second-order valence-corrected chi connectivity index (χ2v) is 3.87. The van der Waals surface area contributed by atoms with Crippen molar-refractivity contribution in [3.63, 3.8) is 0 Å². The van der Waals surface area contributed by atoms with Crippen molar-refractivity contribution in [1.82, 2.24) is 5.48 Å². The summed E-state index contributed by atoms with van der Waals surface area (Å²) < 4.78 is 0. The standard InChI is InChI=1S/C13H13N3O2/c14-9-3-1-8(2-4-9)11-6-5-10(15)7-12(11)13(17)16-18/h1-7,18H,14-15H2,(H,16,17). The van der Waals surface area contributed by atoms with Gasteiger partial charge in [-0.1, -0.05) is 18.2 Å². The molecule has 0 radical (unpaired) electrons. The van der Waals surface area contributed by atoms with Crippen molar-refractivity contribution < 1.29 is 10.0 Å². The third kappa shape index (κ3) is 2.26. The molecule has 2 aromatic rings. The Morgan fingerprint density at radius 2 is 1.61 bits per heavy atom. The summed E-state index contributed by atoms with van der Waals surface area (Å²) in [6.45, 7) is 0. The number of rotatable bonds is 2. The van der Waals surface area contributed by atoms with Gasteiger partial charge in [-0.15, -0.1) is 0 Å². The van der Waals surface area contributed by atoms with Gasteiger partial charge in [0.1, 0.15) is 0 Å². The summed E-state index contributed by atoms with van der Waals surface area (Å²) in [5.41, 5.74) is 15.8. The maximum atomic E-state index is 11.6. The first-order valence-electron chi connectivity index (χ1n) is 5.31. The summed E-state index contributed by atoms with van der Waals surface area (Å²) in [5, 5.41) is 8.73. The van der Waals surface area contributed by atoms with Gasteiger partial charge in [-0.2, -0.15) is 0 Å². The van der Waals surface area contributed by atoms with Crippen LogP contribution in [0, 0.1) is 0 Å². The maximum Gasteiger partial charge on any atom is 0.275 e. The Morgan fingerprint density at radius 1 is 1.00 bits per heavy atom. The van der Waals surface area contributed by atoms with Crippen LogP contribution < -0.4 is 16.9 Å². The van der Waals surface area contributed by atoms with Gasteiger partial charge in [0.25, 0.3) is 5.91 Å². The molecule has 18 heavy (non-hydrogen) atoms. The predicted octanol–water partition coefficient (Wildman–Crippen LogP) is 1.64. The van der Waals surface area contributed by atoms with Crippen molar-refractivity contribution in [2.24, 2.45) is 0 Å². The van der Waals surface area contributed by atoms with Crippen LogP contribution in [-0.2, 0) is 0 Å². The van der Waals surface area contributed by atoms with E-state index in [4.69, 9.17) is 16.7 Å². The third-order valence-corrected chi connectivity index (χ3v) is 2.61. The first-order valence-corrected chi connectivity index (χ1v) is 5.31. The van der Waals surface area contributed by atoms with Gasteiger partial charge in [0, 0.05) is 11.4 Å². The topological polar surface area (TPSA) is 101 Å². The van der Waals surface area contributed by atoms with E-state index >= 15 is 0 Å². The van der Waals surface area contributed by atoms with Crippen molar-refractivity contribution in [2.75, 3.05) is 11.5 Å². The highest BCUT2D eigenvalue weighted by molar-refractivity contribution is 6.01. The summed E-state index contributed by atoms with van der Waals surface area (Å²) in [4.78, 5) is 11.6. The fourth-order valence-corrected chi connectivity index (χ4v) is 1.72. The van der Waals surface area contributed by atoms with Crippen LogP contribution in [0.2, 0.25) is 0 Å². The average molecular weight is 243 g/mol. The van der Waals surface area contributed by atoms with Crippen LogP contribution in [-0.4, -0.2) is 11.1 Å². The van der Waals surface area contributed by atoms with Crippen LogP contribution in [0.25, 0.3) is 11.1 Å². The number of anilines is 2. The first kappa shape index (κ1) is 11.9. The van der Waals surface area contributed by atoms with Crippen LogP contribution in [0.15, 0.2) is 42.5 Å². The zero-order chi connectivity index (χ0) is 13.1. The number of hydroxylamine groups is 1. The zero-order valence-electron chi connectivity index (χ0n) is 9.55. The van der Waals surface area contributed by atoms with Gasteiger partial charge in [0.15, 0.2) is 0 Å². The monoisotopic (exact) mass is 243 g/mol. The Bertz CT molecular complexity index is 579. The molecule has 0 bridgehead atoms. The maximum absolute atomic E-state index is 11.6. The predicted molar refractivity (Wildman–Crippen MR) is 70.0 cm³/mol. The van der Waals surface area contributed by atoms with Crippen molar-refractivity contribution in [3.05, 3.63) is 48.0 Å². The second-order valence-electron chi connectivity index (χ2n) is 3.87. The molecule has 0 saturated heterocycles. The number of carbonyl (C=O) groups excluding carboxylic acids is 1. The molecular formula is C13H13N3O2. The molecule has 0 aliphatic rings. The first-order chi connectivity index (χ1) is 8.61. The van der Waals surface area contributed by atoms with Gasteiger partial charge in [0.05, 0.1) is 5.56 Å². The lowest BCUT2D eigenvalue weighted by Crippen LogP contribution is -2.19. The smallest absolute Gasteiger partial charge is 0.275 e. The minimum absolute atomic E-state index is 0.308. The number of amides is 1. The molecule has 2 rings (SSSR count). The van der Waals surface area contributed by atoms with Gasteiger partial charge < -0.3 is 11.5 Å². The van der Waals surface area contributed by atoms with E-state index < -0.39 is 5.91 Å². The molecule has 0 atom stereocenters. The molecule has 0 fully saturated rings. The van der Waals surface area contributed by atoms with Gasteiger partial charge >= 0.3 is 0 Å². The molecule has 0 saturated carbocycles. The normalized spacial score (nSPS) is 10.1. The van der Waals surface area contributed by atoms with Crippen LogP contribution in [0.3, 0.4) is 0 Å². The highest BCUT2D eigenvalue weighted by atomic mass is 16.5. The summed E-state index contributed by atoms with van der Waals surface area (Å²) in [6.07, 6.45) is 0. The quantitative estimate of drug-likeness (QED) is 0.366. The Morgan fingerprint density at radius 3 is 2.22 bits per heavy atom. The molecule has 0 aliphatic carbocycles. The molecule has 0 heterocycles. The number of hydrogen-bond donors (Lipinski definition) is 4. The van der Waals surface area contributed by atoms with Gasteiger partial charge in [0.2, 0.25) is 0 Å². The number of nitrogen functional groups attached to an aromatic ring is 2. The number of hydrogen-bond acceptors (Lipinski definition) is 4. The highest BCUT2D eigenvalue weighted by Gasteiger charge is 2.12. The van der Waals surface area contributed by atoms with E-state index in [1.54, 1.807) is 41.9 Å². The van der Waals surface area contributed by atoms with Crippen LogP contribution >= 0.6 is 0 Å². The molecule has 0 spiro atoms. The van der Waals surface area contributed by atoms with E-state index in [1.165, 1.54) is 6.07 Å². The minimum Gasteiger partial charge on any atom is -0.399 e. The summed E-state index contributed by atoms with van der Waals surface area (Å²) in [5.74, 6) is -0.603. The molecular weight excluding hydrogens is 230 g/mol. The van der Waals surface area contributed by atoms with E-state index in [1.807, 2.05) is 0 Å². The Hall–Kier alpha value is -2.53. The molecule has 5 heteroatoms. The average Bonchev–Trinajstić information content (AvgIpc) is 2.39. The van der Waals surface area contributed by atoms with Gasteiger partial charge in [-0.25, -0.2) is 5.48 Å². The molecule has 0 unspecified atom stereocenters. The molecule has 0 aliphatic heterocycles. The third-order valence-electron chi connectivity index (χ3n) is 2.61. The number of carbonyl (C=O) groups is 1. The lowest BCUT2D eigenvalue weighted by atomic mass is 9.98. The highest BCUT2D eigenvalue weighted by Crippen LogP contribution is 2.26. The zero-order valence-corrected chi connectivity index (χ0v) is 9.55. The minimum atomic E-state index is -0.603. The SMILES string of the molecule is Nc1ccc(-c2ccc(N)cc2C(=O)NO)cc1. The van der Waals surface area contributed by atoms with Crippen molar-refractivity contribution >= 4 is 17.3 Å². The summed E-state index contributed by atoms with van der Waals surface area (Å²) in [7, 11) is 0. The second kappa shape index (κ2) is 4.77. The number of nitrogens with two attached hydrogens (primary N) is 2. The molecule has 6 N–H and O–H groups in total. The Kier molecular flexibility index (Phi) is 3.16. The van der Waals surface area contributed by atoms with E-state index in [-0.39, 0.29) is 0 Å². The summed E-state index contributed by atoms with van der Waals surface area (Å²) >= 11 is 0. The van der Waals surface area contributed by atoms with Crippen molar-refractivity contribution in [2.45, 2.75) is 0 Å². The largest absolute Gasteiger partial charge is 0.399 e. The van der Waals surface area contributed by atoms with E-state index in [9.17, 15) is 4.79 Å². The van der Waals surface area contributed by atoms with E-state index in [2.05, 4.69) is 0 Å². The van der Waals surface area contributed by atoms with Gasteiger partial charge in [-0.05, 0) is 35.4 Å². The van der Waals surface area contributed by atoms with E-state index in [0.29, 0.717) is 22.5 Å². The Labute approximate surface area is 104 Å². The Balaban J connectivity index is 2.56. The number of nitrogens with one attached hydrogen (secondary N) is 1. The lowest BCUT2D eigenvalue weighted by molar-refractivity contribution is 0.0707. The number of benzene rings is 2. The lowest BCUT2D eigenvalue weighted by Gasteiger charge is -2.09. The molecule has 1 amide bonds.